The van der Waals surface area contributed by atoms with Crippen molar-refractivity contribution in [2.45, 2.75) is 69.5 Å². The maximum absolute atomic E-state index is 13.2. The fraction of sp³-hybridized carbons (Fsp3) is 0.545. The van der Waals surface area contributed by atoms with Gasteiger partial charge in [0.25, 0.3) is 0 Å². The van der Waals surface area contributed by atoms with Gasteiger partial charge in [0.15, 0.2) is 6.10 Å². The fourth-order valence-electron chi connectivity index (χ4n) is 3.77. The zero-order chi connectivity index (χ0) is 26.0. The number of aromatic nitrogens is 3. The molecule has 0 saturated carbocycles. The number of carbonyl (C=O) groups excluding carboxylic acids is 1. The lowest BCUT2D eigenvalue weighted by Crippen LogP contribution is -2.62. The van der Waals surface area contributed by atoms with Crippen LogP contribution in [0.5, 0.6) is 0 Å². The van der Waals surface area contributed by atoms with Crippen molar-refractivity contribution in [1.82, 2.24) is 14.8 Å². The normalized spacial score (nSPS) is 26.7. The average molecular weight is 514 g/mol. The highest BCUT2D eigenvalue weighted by Crippen LogP contribution is 2.39. The van der Waals surface area contributed by atoms with Crippen LogP contribution in [-0.4, -0.2) is 88.5 Å². The molecule has 12 nitrogen and oxygen atoms in total. The Bertz CT molecular complexity index is 1020. The molecule has 0 radical (unpaired) electrons. The number of halogens is 1. The van der Waals surface area contributed by atoms with E-state index < -0.39 is 53.7 Å². The van der Waals surface area contributed by atoms with E-state index in [-0.39, 0.29) is 13.0 Å². The number of rotatable bonds is 9. The van der Waals surface area contributed by atoms with Gasteiger partial charge in [0.1, 0.15) is 36.6 Å². The van der Waals surface area contributed by atoms with E-state index in [0.29, 0.717) is 11.4 Å². The van der Waals surface area contributed by atoms with Crippen molar-refractivity contribution in [3.05, 3.63) is 47.5 Å². The quantitative estimate of drug-likeness (QED) is 0.279. The molecule has 192 valence electrons. The number of aliphatic hydroxyl groups excluding tert-OH is 3. The van der Waals surface area contributed by atoms with Crippen molar-refractivity contribution in [3.63, 3.8) is 0 Å². The number of aryl methyl sites for hydroxylation is 1. The predicted octanol–water partition coefficient (Wildman–Crippen LogP) is -0.243. The van der Waals surface area contributed by atoms with Crippen LogP contribution in [0.15, 0.2) is 36.9 Å². The van der Waals surface area contributed by atoms with E-state index in [1.165, 1.54) is 31.2 Å². The number of carboxylic acids is 1. The molecular weight excluding hydrogens is 486 g/mol. The standard InChI is InChI=1S/C22H28ClN3O9/c1-21(2,20(32)35-19-16(29)14(27)15(28)17(34-19)18(30)31)22(33,9-26-11-24-10-25-26)8-7-12-3-5-13(23)6-4-12/h3-6,10-11,14-17,19,27-29,33H,7-9H2,1-2H3,(H,30,31)/t14-,15-,16+,17-,19-,22?/m0/s1. The molecule has 2 aromatic rings. The van der Waals surface area contributed by atoms with Crippen molar-refractivity contribution in [1.29, 1.82) is 0 Å². The number of hydrogen-bond acceptors (Lipinski definition) is 10. The Labute approximate surface area is 205 Å². The molecule has 1 aliphatic rings. The number of hydrogen-bond donors (Lipinski definition) is 5. The van der Waals surface area contributed by atoms with Crippen LogP contribution in [0.1, 0.15) is 25.8 Å². The molecule has 3 rings (SSSR count). The molecule has 1 aromatic carbocycles. The molecule has 1 fully saturated rings. The Hall–Kier alpha value is -2.61. The van der Waals surface area contributed by atoms with Crippen molar-refractivity contribution in [3.8, 4) is 0 Å². The third-order valence-electron chi connectivity index (χ3n) is 6.34. The highest BCUT2D eigenvalue weighted by molar-refractivity contribution is 6.30. The van der Waals surface area contributed by atoms with Crippen LogP contribution < -0.4 is 0 Å². The Kier molecular flexibility index (Phi) is 8.14. The number of carbonyl (C=O) groups is 2. The van der Waals surface area contributed by atoms with Gasteiger partial charge in [-0.05, 0) is 44.4 Å². The van der Waals surface area contributed by atoms with Gasteiger partial charge in [0, 0.05) is 5.02 Å². The highest BCUT2D eigenvalue weighted by atomic mass is 35.5. The minimum absolute atomic E-state index is 0.0732. The minimum atomic E-state index is -1.94. The molecule has 1 aliphatic heterocycles. The van der Waals surface area contributed by atoms with Crippen molar-refractivity contribution >= 4 is 23.5 Å². The fourth-order valence-corrected chi connectivity index (χ4v) is 3.89. The van der Waals surface area contributed by atoms with Crippen LogP contribution in [-0.2, 0) is 32.0 Å². The average Bonchev–Trinajstić information content (AvgIpc) is 3.31. The van der Waals surface area contributed by atoms with E-state index in [2.05, 4.69) is 10.1 Å². The summed E-state index contributed by atoms with van der Waals surface area (Å²) in [7, 11) is 0. The molecule has 6 atom stereocenters. The monoisotopic (exact) mass is 513 g/mol. The summed E-state index contributed by atoms with van der Waals surface area (Å²) in [5.74, 6) is -2.65. The van der Waals surface area contributed by atoms with E-state index in [1.807, 2.05) is 0 Å². The second-order valence-electron chi connectivity index (χ2n) is 9.02. The summed E-state index contributed by atoms with van der Waals surface area (Å²) in [5.41, 5.74) is -2.56. The molecule has 0 aliphatic carbocycles. The van der Waals surface area contributed by atoms with E-state index in [0.717, 1.165) is 5.56 Å². The molecule has 35 heavy (non-hydrogen) atoms. The first-order valence-corrected chi connectivity index (χ1v) is 11.2. The van der Waals surface area contributed by atoms with Crippen LogP contribution in [0.4, 0.5) is 0 Å². The van der Waals surface area contributed by atoms with E-state index >= 15 is 0 Å². The van der Waals surface area contributed by atoms with Gasteiger partial charge in [-0.25, -0.2) is 9.78 Å². The van der Waals surface area contributed by atoms with Gasteiger partial charge < -0.3 is 35.0 Å². The topological polar surface area (TPSA) is 184 Å². The largest absolute Gasteiger partial charge is 0.479 e. The SMILES string of the molecule is CC(C)(C(=O)O[C@@H]1O[C@H](C(=O)O)[C@@H](O)[C@H](O)[C@H]1O)C(O)(CCc1ccc(Cl)cc1)Cn1cncn1. The second-order valence-corrected chi connectivity index (χ2v) is 9.45. The first kappa shape index (κ1) is 27.0. The minimum Gasteiger partial charge on any atom is -0.479 e. The van der Waals surface area contributed by atoms with Crippen molar-refractivity contribution in [2.24, 2.45) is 5.41 Å². The first-order valence-electron chi connectivity index (χ1n) is 10.8. The maximum atomic E-state index is 13.2. The van der Waals surface area contributed by atoms with Crippen LogP contribution in [0, 0.1) is 5.41 Å². The lowest BCUT2D eigenvalue weighted by Gasteiger charge is -2.43. The van der Waals surface area contributed by atoms with Gasteiger partial charge in [-0.1, -0.05) is 23.7 Å². The summed E-state index contributed by atoms with van der Waals surface area (Å²) in [4.78, 5) is 28.4. The summed E-state index contributed by atoms with van der Waals surface area (Å²) >= 11 is 5.93. The molecular formula is C22H28ClN3O9. The molecule has 0 bridgehead atoms. The highest BCUT2D eigenvalue weighted by Gasteiger charge is 2.54. The summed E-state index contributed by atoms with van der Waals surface area (Å²) in [6, 6.07) is 6.98. The molecule has 13 heteroatoms. The van der Waals surface area contributed by atoms with Gasteiger partial charge in [-0.15, -0.1) is 0 Å². The number of ether oxygens (including phenoxy) is 2. The smallest absolute Gasteiger partial charge is 0.335 e. The van der Waals surface area contributed by atoms with Crippen LogP contribution in [0.2, 0.25) is 5.02 Å². The lowest BCUT2D eigenvalue weighted by atomic mass is 9.71. The predicted molar refractivity (Wildman–Crippen MR) is 119 cm³/mol. The summed E-state index contributed by atoms with van der Waals surface area (Å²) < 4.78 is 11.6. The number of aliphatic hydroxyl groups is 4. The molecule has 2 heterocycles. The summed E-state index contributed by atoms with van der Waals surface area (Å²) in [5, 5.41) is 55.5. The lowest BCUT2D eigenvalue weighted by molar-refractivity contribution is -0.291. The molecule has 5 N–H and O–H groups in total. The van der Waals surface area contributed by atoms with Crippen molar-refractivity contribution in [2.75, 3.05) is 0 Å². The van der Waals surface area contributed by atoms with Gasteiger partial charge in [-0.3, -0.25) is 9.48 Å². The van der Waals surface area contributed by atoms with Gasteiger partial charge in [0.05, 0.1) is 12.0 Å². The summed E-state index contributed by atoms with van der Waals surface area (Å²) in [6.07, 6.45) is -6.55. The van der Waals surface area contributed by atoms with Gasteiger partial charge in [-0.2, -0.15) is 5.10 Å². The van der Waals surface area contributed by atoms with Crippen LogP contribution in [0.25, 0.3) is 0 Å². The Morgan fingerprint density at radius 1 is 1.14 bits per heavy atom. The van der Waals surface area contributed by atoms with E-state index in [1.54, 1.807) is 24.3 Å². The molecule has 0 amide bonds. The number of nitrogens with zero attached hydrogens (tertiary/aromatic N) is 3. The number of aliphatic carboxylic acids is 1. The summed E-state index contributed by atoms with van der Waals surface area (Å²) in [6.45, 7) is 2.70. The third kappa shape index (κ3) is 5.80. The Morgan fingerprint density at radius 2 is 1.80 bits per heavy atom. The molecule has 0 spiro atoms. The van der Waals surface area contributed by atoms with Crippen molar-refractivity contribution < 1.29 is 44.6 Å². The first-order chi connectivity index (χ1) is 16.4. The second kappa shape index (κ2) is 10.6. The van der Waals surface area contributed by atoms with Gasteiger partial charge >= 0.3 is 11.9 Å². The van der Waals surface area contributed by atoms with E-state index in [9.17, 15) is 35.1 Å². The van der Waals surface area contributed by atoms with Gasteiger partial charge in [0.2, 0.25) is 6.29 Å². The number of carboxylic acid groups (broad SMARTS) is 1. The maximum Gasteiger partial charge on any atom is 0.335 e. The zero-order valence-electron chi connectivity index (χ0n) is 19.1. The third-order valence-corrected chi connectivity index (χ3v) is 6.59. The van der Waals surface area contributed by atoms with E-state index in [4.69, 9.17) is 21.1 Å². The number of benzene rings is 1. The zero-order valence-corrected chi connectivity index (χ0v) is 19.8. The van der Waals surface area contributed by atoms with Crippen LogP contribution >= 0.6 is 11.6 Å². The Morgan fingerprint density at radius 3 is 2.37 bits per heavy atom. The number of esters is 1. The molecule has 1 unspecified atom stereocenters. The molecule has 1 aromatic heterocycles. The molecule has 1 saturated heterocycles. The van der Waals surface area contributed by atoms with Crippen LogP contribution in [0.3, 0.4) is 0 Å². The Balaban J connectivity index is 1.83.